The molecule has 1 aromatic carbocycles. The van der Waals surface area contributed by atoms with Gasteiger partial charge in [0, 0.05) is 24.7 Å². The van der Waals surface area contributed by atoms with Gasteiger partial charge in [-0.25, -0.2) is 4.98 Å². The molecule has 0 atom stereocenters. The molecule has 0 unspecified atom stereocenters. The number of rotatable bonds is 4. The average molecular weight is 332 g/mol. The molecule has 3 rings (SSSR count). The number of amides is 1. The largest absolute Gasteiger partial charge is 0.380 e. The Morgan fingerprint density at radius 2 is 2.00 bits per heavy atom. The Kier molecular flexibility index (Phi) is 5.10. The van der Waals surface area contributed by atoms with Crippen LogP contribution in [0.15, 0.2) is 42.6 Å². The number of anilines is 1. The molecule has 1 amide bonds. The van der Waals surface area contributed by atoms with Gasteiger partial charge in [-0.1, -0.05) is 29.8 Å². The standard InChI is InChI=1S/C17H18ClN3O2/c18-15-4-2-1-3-13(15)11-19-14-5-6-16(20-12-14)17(22)21-7-9-23-10-8-21/h1-6,12,19H,7-11H2. The van der Waals surface area contributed by atoms with E-state index in [0.29, 0.717) is 38.5 Å². The summed E-state index contributed by atoms with van der Waals surface area (Å²) in [6.45, 7) is 3.02. The molecule has 0 saturated carbocycles. The molecule has 6 heteroatoms. The van der Waals surface area contributed by atoms with Crippen molar-refractivity contribution in [1.29, 1.82) is 0 Å². The van der Waals surface area contributed by atoms with Crippen LogP contribution in [0.1, 0.15) is 16.1 Å². The van der Waals surface area contributed by atoms with Crippen LogP contribution in [0.4, 0.5) is 5.69 Å². The van der Waals surface area contributed by atoms with E-state index in [-0.39, 0.29) is 5.91 Å². The van der Waals surface area contributed by atoms with Gasteiger partial charge in [0.2, 0.25) is 0 Å². The highest BCUT2D eigenvalue weighted by molar-refractivity contribution is 6.31. The smallest absolute Gasteiger partial charge is 0.272 e. The quantitative estimate of drug-likeness (QED) is 0.936. The van der Waals surface area contributed by atoms with E-state index in [1.807, 2.05) is 30.3 Å². The second-order valence-electron chi connectivity index (χ2n) is 5.28. The number of benzene rings is 1. The summed E-state index contributed by atoms with van der Waals surface area (Å²) >= 11 is 6.13. The highest BCUT2D eigenvalue weighted by Crippen LogP contribution is 2.17. The Morgan fingerprint density at radius 1 is 1.22 bits per heavy atom. The van der Waals surface area contributed by atoms with Gasteiger partial charge in [0.15, 0.2) is 0 Å². The summed E-state index contributed by atoms with van der Waals surface area (Å²) in [5, 5.41) is 3.98. The fourth-order valence-corrected chi connectivity index (χ4v) is 2.59. The third-order valence-corrected chi connectivity index (χ3v) is 4.09. The zero-order valence-corrected chi connectivity index (χ0v) is 13.4. The number of hydrogen-bond acceptors (Lipinski definition) is 4. The molecule has 23 heavy (non-hydrogen) atoms. The van der Waals surface area contributed by atoms with Crippen LogP contribution in [0.3, 0.4) is 0 Å². The van der Waals surface area contributed by atoms with Gasteiger partial charge in [-0.3, -0.25) is 4.79 Å². The van der Waals surface area contributed by atoms with Crippen LogP contribution >= 0.6 is 11.6 Å². The Bertz CT molecular complexity index is 670. The molecule has 0 radical (unpaired) electrons. The average Bonchev–Trinajstić information content (AvgIpc) is 2.62. The van der Waals surface area contributed by atoms with Crippen molar-refractivity contribution in [1.82, 2.24) is 9.88 Å². The predicted octanol–water partition coefficient (Wildman–Crippen LogP) is 2.82. The van der Waals surface area contributed by atoms with Gasteiger partial charge in [-0.15, -0.1) is 0 Å². The van der Waals surface area contributed by atoms with E-state index in [2.05, 4.69) is 10.3 Å². The molecule has 1 aliphatic rings. The van der Waals surface area contributed by atoms with Crippen molar-refractivity contribution in [3.8, 4) is 0 Å². The monoisotopic (exact) mass is 331 g/mol. The van der Waals surface area contributed by atoms with Crippen molar-refractivity contribution in [2.45, 2.75) is 6.54 Å². The summed E-state index contributed by atoms with van der Waals surface area (Å²) < 4.78 is 5.25. The van der Waals surface area contributed by atoms with Gasteiger partial charge in [0.25, 0.3) is 5.91 Å². The number of carbonyl (C=O) groups is 1. The minimum Gasteiger partial charge on any atom is -0.380 e. The summed E-state index contributed by atoms with van der Waals surface area (Å²) in [7, 11) is 0. The number of nitrogens with one attached hydrogen (secondary N) is 1. The van der Waals surface area contributed by atoms with Gasteiger partial charge in [0.05, 0.1) is 25.1 Å². The molecule has 1 aliphatic heterocycles. The number of carbonyl (C=O) groups excluding carboxylic acids is 1. The summed E-state index contributed by atoms with van der Waals surface area (Å²) in [6.07, 6.45) is 1.67. The van der Waals surface area contributed by atoms with Crippen molar-refractivity contribution in [3.05, 3.63) is 58.9 Å². The number of hydrogen-bond donors (Lipinski definition) is 1. The molecule has 0 bridgehead atoms. The lowest BCUT2D eigenvalue weighted by Crippen LogP contribution is -2.41. The minimum atomic E-state index is -0.0500. The van der Waals surface area contributed by atoms with Gasteiger partial charge < -0.3 is 15.0 Å². The summed E-state index contributed by atoms with van der Waals surface area (Å²) in [5.41, 5.74) is 2.32. The first kappa shape index (κ1) is 15.8. The van der Waals surface area contributed by atoms with Crippen molar-refractivity contribution >= 4 is 23.2 Å². The van der Waals surface area contributed by atoms with E-state index in [4.69, 9.17) is 16.3 Å². The molecule has 0 aliphatic carbocycles. The summed E-state index contributed by atoms with van der Waals surface area (Å²) in [5.74, 6) is -0.0500. The fourth-order valence-electron chi connectivity index (χ4n) is 2.39. The van der Waals surface area contributed by atoms with Crippen molar-refractivity contribution < 1.29 is 9.53 Å². The molecule has 1 fully saturated rings. The molecule has 120 valence electrons. The molecule has 1 aromatic heterocycles. The molecule has 0 spiro atoms. The maximum absolute atomic E-state index is 12.3. The van der Waals surface area contributed by atoms with Crippen LogP contribution in [-0.2, 0) is 11.3 Å². The number of aromatic nitrogens is 1. The van der Waals surface area contributed by atoms with Crippen LogP contribution < -0.4 is 5.32 Å². The van der Waals surface area contributed by atoms with Crippen molar-refractivity contribution in [2.24, 2.45) is 0 Å². The van der Waals surface area contributed by atoms with E-state index < -0.39 is 0 Å². The first-order valence-corrected chi connectivity index (χ1v) is 7.92. The third kappa shape index (κ3) is 4.00. The maximum Gasteiger partial charge on any atom is 0.272 e. The molecule has 2 aromatic rings. The van der Waals surface area contributed by atoms with Crippen LogP contribution in [0, 0.1) is 0 Å². The maximum atomic E-state index is 12.3. The van der Waals surface area contributed by atoms with Crippen LogP contribution in [0.2, 0.25) is 5.02 Å². The zero-order valence-electron chi connectivity index (χ0n) is 12.7. The lowest BCUT2D eigenvalue weighted by molar-refractivity contribution is 0.0299. The first-order chi connectivity index (χ1) is 11.2. The second kappa shape index (κ2) is 7.44. The third-order valence-electron chi connectivity index (χ3n) is 3.72. The lowest BCUT2D eigenvalue weighted by atomic mass is 10.2. The van der Waals surface area contributed by atoms with Gasteiger partial charge in [0.1, 0.15) is 5.69 Å². The van der Waals surface area contributed by atoms with Crippen LogP contribution in [0.5, 0.6) is 0 Å². The Hall–Kier alpha value is -2.11. The molecule has 5 nitrogen and oxygen atoms in total. The van der Waals surface area contributed by atoms with E-state index in [0.717, 1.165) is 16.3 Å². The highest BCUT2D eigenvalue weighted by atomic mass is 35.5. The first-order valence-electron chi connectivity index (χ1n) is 7.54. The molecular formula is C17H18ClN3O2. The number of halogens is 1. The lowest BCUT2D eigenvalue weighted by Gasteiger charge is -2.26. The number of ether oxygens (including phenoxy) is 1. The Balaban J connectivity index is 1.60. The summed E-state index contributed by atoms with van der Waals surface area (Å²) in [6, 6.07) is 11.3. The number of pyridine rings is 1. The van der Waals surface area contributed by atoms with E-state index in [1.165, 1.54) is 0 Å². The number of nitrogens with zero attached hydrogens (tertiary/aromatic N) is 2. The van der Waals surface area contributed by atoms with Gasteiger partial charge in [-0.2, -0.15) is 0 Å². The zero-order chi connectivity index (χ0) is 16.1. The Morgan fingerprint density at radius 3 is 2.70 bits per heavy atom. The molecular weight excluding hydrogens is 314 g/mol. The van der Waals surface area contributed by atoms with E-state index >= 15 is 0 Å². The van der Waals surface area contributed by atoms with E-state index in [9.17, 15) is 4.79 Å². The minimum absolute atomic E-state index is 0.0500. The van der Waals surface area contributed by atoms with Crippen LogP contribution in [0.25, 0.3) is 0 Å². The molecule has 2 heterocycles. The van der Waals surface area contributed by atoms with E-state index in [1.54, 1.807) is 17.2 Å². The normalized spacial score (nSPS) is 14.6. The van der Waals surface area contributed by atoms with Gasteiger partial charge in [-0.05, 0) is 23.8 Å². The summed E-state index contributed by atoms with van der Waals surface area (Å²) in [4.78, 5) is 18.3. The van der Waals surface area contributed by atoms with Gasteiger partial charge >= 0.3 is 0 Å². The molecule has 1 N–H and O–H groups in total. The predicted molar refractivity (Wildman–Crippen MR) is 89.7 cm³/mol. The van der Waals surface area contributed by atoms with Crippen molar-refractivity contribution in [2.75, 3.05) is 31.6 Å². The fraction of sp³-hybridized carbons (Fsp3) is 0.294. The second-order valence-corrected chi connectivity index (χ2v) is 5.69. The molecule has 1 saturated heterocycles. The van der Waals surface area contributed by atoms with Crippen LogP contribution in [-0.4, -0.2) is 42.1 Å². The SMILES string of the molecule is O=C(c1ccc(NCc2ccccc2Cl)cn1)N1CCOCC1. The Labute approximate surface area is 140 Å². The topological polar surface area (TPSA) is 54.5 Å². The van der Waals surface area contributed by atoms with Crippen molar-refractivity contribution in [3.63, 3.8) is 0 Å². The highest BCUT2D eigenvalue weighted by Gasteiger charge is 2.19. The number of morpholine rings is 1.